The minimum atomic E-state index is -0.965. The van der Waals surface area contributed by atoms with Crippen LogP contribution in [0.15, 0.2) is 66.5 Å². The molecule has 1 N–H and O–H groups in total. The Labute approximate surface area is 199 Å². The summed E-state index contributed by atoms with van der Waals surface area (Å²) < 4.78 is 10.6. The van der Waals surface area contributed by atoms with Crippen molar-refractivity contribution >= 4 is 46.3 Å². The van der Waals surface area contributed by atoms with Gasteiger partial charge in [0.2, 0.25) is 0 Å². The molecule has 0 aliphatic carbocycles. The number of halogens is 2. The molecular weight excluding hydrogens is 467 g/mol. The summed E-state index contributed by atoms with van der Waals surface area (Å²) in [6.45, 7) is 0. The van der Waals surface area contributed by atoms with Crippen molar-refractivity contribution in [2.45, 2.75) is 6.04 Å². The Bertz CT molecular complexity index is 1280. The zero-order valence-corrected chi connectivity index (χ0v) is 19.1. The molecule has 2 aromatic carbocycles. The molecule has 0 bridgehead atoms. The minimum Gasteiger partial charge on any atom is -0.507 e. The number of hydrogen-bond acceptors (Lipinski definition) is 6. The highest BCUT2D eigenvalue weighted by Crippen LogP contribution is 2.45. The van der Waals surface area contributed by atoms with E-state index in [0.717, 1.165) is 0 Å². The van der Waals surface area contributed by atoms with Crippen molar-refractivity contribution in [3.63, 3.8) is 0 Å². The zero-order chi connectivity index (χ0) is 23.7. The quantitative estimate of drug-likeness (QED) is 0.310. The molecule has 1 aliphatic rings. The fourth-order valence-electron chi connectivity index (χ4n) is 3.80. The summed E-state index contributed by atoms with van der Waals surface area (Å²) in [6, 6.07) is 12.0. The fraction of sp³-hybridized carbons (Fsp3) is 0.125. The first-order valence-electron chi connectivity index (χ1n) is 9.75. The number of Topliss-reactive ketones (excluding diaryl/α,β-unsaturated/α-hetero) is 1. The van der Waals surface area contributed by atoms with Crippen LogP contribution in [0.2, 0.25) is 10.0 Å². The van der Waals surface area contributed by atoms with Crippen molar-refractivity contribution < 1.29 is 24.2 Å². The lowest BCUT2D eigenvalue weighted by Gasteiger charge is -2.25. The van der Waals surface area contributed by atoms with Crippen molar-refractivity contribution in [1.82, 2.24) is 4.98 Å². The molecule has 1 aromatic heterocycles. The van der Waals surface area contributed by atoms with E-state index in [1.807, 2.05) is 0 Å². The molecule has 168 valence electrons. The largest absolute Gasteiger partial charge is 0.507 e. The van der Waals surface area contributed by atoms with E-state index in [0.29, 0.717) is 17.0 Å². The van der Waals surface area contributed by atoms with Crippen molar-refractivity contribution in [1.29, 1.82) is 0 Å². The van der Waals surface area contributed by atoms with Crippen molar-refractivity contribution in [2.24, 2.45) is 0 Å². The van der Waals surface area contributed by atoms with Gasteiger partial charge in [-0.1, -0.05) is 35.3 Å². The number of nitrogens with zero attached hydrogens (tertiary/aromatic N) is 2. The summed E-state index contributed by atoms with van der Waals surface area (Å²) in [7, 11) is 2.88. The van der Waals surface area contributed by atoms with Crippen LogP contribution in [0.5, 0.6) is 11.5 Å². The number of rotatable bonds is 5. The average Bonchev–Trinajstić information content (AvgIpc) is 3.09. The molecule has 7 nitrogen and oxygen atoms in total. The first-order chi connectivity index (χ1) is 15.9. The van der Waals surface area contributed by atoms with Crippen LogP contribution in [0.3, 0.4) is 0 Å². The van der Waals surface area contributed by atoms with Gasteiger partial charge in [0.1, 0.15) is 17.3 Å². The molecule has 1 saturated heterocycles. The summed E-state index contributed by atoms with van der Waals surface area (Å²) in [5, 5.41) is 11.7. The molecule has 0 saturated carbocycles. The van der Waals surface area contributed by atoms with Crippen molar-refractivity contribution in [2.75, 3.05) is 19.1 Å². The third-order valence-electron chi connectivity index (χ3n) is 5.24. The molecule has 1 unspecified atom stereocenters. The number of ketones is 1. The molecule has 1 fully saturated rings. The number of amides is 1. The predicted molar refractivity (Wildman–Crippen MR) is 125 cm³/mol. The summed E-state index contributed by atoms with van der Waals surface area (Å²) in [4.78, 5) is 31.9. The first-order valence-corrected chi connectivity index (χ1v) is 10.5. The van der Waals surface area contributed by atoms with Crippen LogP contribution in [0.25, 0.3) is 5.76 Å². The number of aliphatic hydroxyl groups is 1. The van der Waals surface area contributed by atoms with Gasteiger partial charge in [0.25, 0.3) is 11.7 Å². The second-order valence-electron chi connectivity index (χ2n) is 7.13. The summed E-state index contributed by atoms with van der Waals surface area (Å²) in [5.41, 5.74) is 0.883. The smallest absolute Gasteiger partial charge is 0.300 e. The van der Waals surface area contributed by atoms with Gasteiger partial charge in [-0.25, -0.2) is 0 Å². The highest BCUT2D eigenvalue weighted by atomic mass is 35.5. The third kappa shape index (κ3) is 4.01. The Hall–Kier alpha value is -3.55. The second kappa shape index (κ2) is 9.13. The number of hydrogen-bond donors (Lipinski definition) is 1. The lowest BCUT2D eigenvalue weighted by Crippen LogP contribution is -2.29. The van der Waals surface area contributed by atoms with Crippen LogP contribution in [-0.4, -0.2) is 36.0 Å². The lowest BCUT2D eigenvalue weighted by atomic mass is 9.95. The maximum atomic E-state index is 13.2. The molecule has 2 heterocycles. The molecule has 0 spiro atoms. The van der Waals surface area contributed by atoms with E-state index in [-0.39, 0.29) is 26.9 Å². The monoisotopic (exact) mass is 484 g/mol. The Balaban J connectivity index is 2.00. The number of pyridine rings is 1. The molecule has 9 heteroatoms. The molecule has 0 radical (unpaired) electrons. The highest BCUT2D eigenvalue weighted by Gasteiger charge is 2.47. The van der Waals surface area contributed by atoms with E-state index in [4.69, 9.17) is 32.7 Å². The molecule has 4 rings (SSSR count). The third-order valence-corrected chi connectivity index (χ3v) is 5.74. The molecule has 1 atom stereocenters. The van der Waals surface area contributed by atoms with Gasteiger partial charge in [0.05, 0.1) is 36.4 Å². The number of benzene rings is 2. The molecule has 1 amide bonds. The van der Waals surface area contributed by atoms with E-state index in [1.165, 1.54) is 37.4 Å². The van der Waals surface area contributed by atoms with Crippen LogP contribution < -0.4 is 14.4 Å². The standard InChI is InChI=1S/C24H18Cl2N2O5/c1-32-16-7-3-6-15(11-16)28-20(13-5-4-8-27-12-13)19(22(30)24(28)31)21(29)17-9-14(25)10-18(26)23(17)33-2/h3-12,20,29H,1-2H3/b21-19+. The van der Waals surface area contributed by atoms with Crippen molar-refractivity contribution in [3.05, 3.63) is 87.7 Å². The van der Waals surface area contributed by atoms with E-state index < -0.39 is 23.5 Å². The zero-order valence-electron chi connectivity index (χ0n) is 17.6. The maximum Gasteiger partial charge on any atom is 0.300 e. The van der Waals surface area contributed by atoms with E-state index in [2.05, 4.69) is 4.98 Å². The van der Waals surface area contributed by atoms with Gasteiger partial charge in [-0.15, -0.1) is 0 Å². The highest BCUT2D eigenvalue weighted by molar-refractivity contribution is 6.52. The van der Waals surface area contributed by atoms with E-state index in [1.54, 1.807) is 42.6 Å². The van der Waals surface area contributed by atoms with Crippen LogP contribution in [0, 0.1) is 0 Å². The van der Waals surface area contributed by atoms with Gasteiger partial charge in [0, 0.05) is 29.2 Å². The van der Waals surface area contributed by atoms with Crippen LogP contribution >= 0.6 is 23.2 Å². The Morgan fingerprint density at radius 1 is 1.06 bits per heavy atom. The summed E-state index contributed by atoms with van der Waals surface area (Å²) in [5.74, 6) is -1.53. The molecule has 1 aliphatic heterocycles. The van der Waals surface area contributed by atoms with Gasteiger partial charge in [-0.05, 0) is 35.9 Å². The van der Waals surface area contributed by atoms with Crippen LogP contribution in [-0.2, 0) is 9.59 Å². The van der Waals surface area contributed by atoms with Crippen LogP contribution in [0.4, 0.5) is 5.69 Å². The minimum absolute atomic E-state index is 0.0903. The van der Waals surface area contributed by atoms with Crippen molar-refractivity contribution in [3.8, 4) is 11.5 Å². The maximum absolute atomic E-state index is 13.2. The number of carbonyl (C=O) groups excluding carboxylic acids is 2. The van der Waals surface area contributed by atoms with Gasteiger partial charge in [-0.2, -0.15) is 0 Å². The Kier molecular flexibility index (Phi) is 6.26. The molecule has 33 heavy (non-hydrogen) atoms. The second-order valence-corrected chi connectivity index (χ2v) is 7.97. The number of ether oxygens (including phenoxy) is 2. The average molecular weight is 485 g/mol. The van der Waals surface area contributed by atoms with Gasteiger partial charge >= 0.3 is 0 Å². The summed E-state index contributed by atoms with van der Waals surface area (Å²) >= 11 is 12.4. The van der Waals surface area contributed by atoms with Gasteiger partial charge in [-0.3, -0.25) is 19.5 Å². The SMILES string of the molecule is COc1cccc(N2C(=O)C(=O)/C(=C(/O)c3cc(Cl)cc(Cl)c3OC)C2c2cccnc2)c1. The topological polar surface area (TPSA) is 89.0 Å². The summed E-state index contributed by atoms with van der Waals surface area (Å²) in [6.07, 6.45) is 3.10. The molecule has 3 aromatic rings. The van der Waals surface area contributed by atoms with E-state index >= 15 is 0 Å². The fourth-order valence-corrected chi connectivity index (χ4v) is 4.37. The van der Waals surface area contributed by atoms with Crippen LogP contribution in [0.1, 0.15) is 17.2 Å². The van der Waals surface area contributed by atoms with Gasteiger partial charge < -0.3 is 14.6 Å². The predicted octanol–water partition coefficient (Wildman–Crippen LogP) is 5.03. The Morgan fingerprint density at radius 3 is 2.52 bits per heavy atom. The van der Waals surface area contributed by atoms with E-state index in [9.17, 15) is 14.7 Å². The number of anilines is 1. The molecular formula is C24H18Cl2N2O5. The number of methoxy groups -OCH3 is 2. The number of aromatic nitrogens is 1. The lowest BCUT2D eigenvalue weighted by molar-refractivity contribution is -0.132. The normalized spacial score (nSPS) is 17.3. The Morgan fingerprint density at radius 2 is 1.85 bits per heavy atom. The van der Waals surface area contributed by atoms with Gasteiger partial charge in [0.15, 0.2) is 0 Å². The first kappa shape index (κ1) is 22.6. The number of aliphatic hydroxyl groups excluding tert-OH is 1. The number of carbonyl (C=O) groups is 2.